The van der Waals surface area contributed by atoms with Gasteiger partial charge in [-0.05, 0) is 12.1 Å². The van der Waals surface area contributed by atoms with Crippen molar-refractivity contribution in [1.82, 2.24) is 0 Å². The van der Waals surface area contributed by atoms with Crippen LogP contribution in [0.4, 0.5) is 4.39 Å². The highest BCUT2D eigenvalue weighted by Gasteiger charge is 2.27. The van der Waals surface area contributed by atoms with Crippen LogP contribution in [-0.4, -0.2) is 5.78 Å². The fourth-order valence-corrected chi connectivity index (χ4v) is 1.34. The highest BCUT2D eigenvalue weighted by atomic mass is 35.5. The number of rotatable bonds is 1. The van der Waals surface area contributed by atoms with Crippen LogP contribution in [0.1, 0.15) is 31.1 Å². The Balaban J connectivity index is 3.26. The summed E-state index contributed by atoms with van der Waals surface area (Å²) >= 11 is 5.77. The normalized spacial score (nSPS) is 11.5. The summed E-state index contributed by atoms with van der Waals surface area (Å²) in [7, 11) is 0. The summed E-state index contributed by atoms with van der Waals surface area (Å²) in [6, 6.07) is 4.24. The quantitative estimate of drug-likeness (QED) is 0.652. The summed E-state index contributed by atoms with van der Waals surface area (Å²) in [5.74, 6) is -0.835. The Labute approximate surface area is 87.9 Å². The predicted molar refractivity (Wildman–Crippen MR) is 55.2 cm³/mol. The molecule has 0 aliphatic carbocycles. The van der Waals surface area contributed by atoms with Gasteiger partial charge in [-0.15, -0.1) is 0 Å². The average Bonchev–Trinajstić information content (AvgIpc) is 2.01. The van der Waals surface area contributed by atoms with Crippen molar-refractivity contribution < 1.29 is 9.18 Å². The third-order valence-corrected chi connectivity index (χ3v) is 2.19. The number of hydrogen-bond acceptors (Lipinski definition) is 1. The minimum Gasteiger partial charge on any atom is -0.293 e. The Kier molecular flexibility index (Phi) is 2.95. The molecule has 1 aromatic carbocycles. The van der Waals surface area contributed by atoms with Crippen LogP contribution in [0, 0.1) is 11.2 Å². The van der Waals surface area contributed by atoms with Crippen LogP contribution in [0.3, 0.4) is 0 Å². The zero-order valence-electron chi connectivity index (χ0n) is 8.40. The molecule has 1 nitrogen and oxygen atoms in total. The van der Waals surface area contributed by atoms with Gasteiger partial charge in [0.05, 0.1) is 10.6 Å². The van der Waals surface area contributed by atoms with Gasteiger partial charge in [-0.2, -0.15) is 0 Å². The second-order valence-electron chi connectivity index (χ2n) is 4.18. The second kappa shape index (κ2) is 3.70. The molecule has 0 spiro atoms. The van der Waals surface area contributed by atoms with E-state index >= 15 is 0 Å². The van der Waals surface area contributed by atoms with E-state index in [-0.39, 0.29) is 16.4 Å². The Morgan fingerprint density at radius 2 is 1.93 bits per heavy atom. The third kappa shape index (κ3) is 2.13. The first-order valence-electron chi connectivity index (χ1n) is 4.33. The topological polar surface area (TPSA) is 17.1 Å². The van der Waals surface area contributed by atoms with Crippen molar-refractivity contribution in [2.75, 3.05) is 0 Å². The molecule has 0 amide bonds. The molecule has 0 saturated carbocycles. The third-order valence-electron chi connectivity index (χ3n) is 1.87. The number of carbonyl (C=O) groups is 1. The van der Waals surface area contributed by atoms with Crippen LogP contribution in [0.2, 0.25) is 5.02 Å². The zero-order chi connectivity index (χ0) is 10.9. The van der Waals surface area contributed by atoms with Gasteiger partial charge >= 0.3 is 0 Å². The smallest absolute Gasteiger partial charge is 0.172 e. The van der Waals surface area contributed by atoms with Gasteiger partial charge in [0, 0.05) is 5.41 Å². The lowest BCUT2D eigenvalue weighted by Gasteiger charge is -2.17. The van der Waals surface area contributed by atoms with Crippen molar-refractivity contribution in [3.05, 3.63) is 34.6 Å². The summed E-state index contributed by atoms with van der Waals surface area (Å²) in [5.41, 5.74) is -0.632. The van der Waals surface area contributed by atoms with Crippen LogP contribution in [-0.2, 0) is 0 Å². The maximum Gasteiger partial charge on any atom is 0.172 e. The molecule has 0 unspecified atom stereocenters. The second-order valence-corrected chi connectivity index (χ2v) is 4.58. The number of Topliss-reactive ketones (excluding diaryl/α,β-unsaturated/α-hetero) is 1. The molecule has 1 aromatic rings. The van der Waals surface area contributed by atoms with Crippen molar-refractivity contribution in [2.24, 2.45) is 5.41 Å². The fraction of sp³-hybridized carbons (Fsp3) is 0.364. The highest BCUT2D eigenvalue weighted by Crippen LogP contribution is 2.27. The number of ketones is 1. The van der Waals surface area contributed by atoms with Gasteiger partial charge in [-0.1, -0.05) is 38.4 Å². The Morgan fingerprint density at radius 3 is 2.36 bits per heavy atom. The number of carbonyl (C=O) groups excluding carboxylic acids is 1. The average molecular weight is 215 g/mol. The van der Waals surface area contributed by atoms with Crippen LogP contribution >= 0.6 is 11.6 Å². The van der Waals surface area contributed by atoms with Crippen LogP contribution in [0.5, 0.6) is 0 Å². The minimum absolute atomic E-state index is 0.0123. The summed E-state index contributed by atoms with van der Waals surface area (Å²) in [5, 5.41) is 0.171. The van der Waals surface area contributed by atoms with Gasteiger partial charge in [0.15, 0.2) is 5.78 Å². The first-order chi connectivity index (χ1) is 6.34. The molecule has 1 rings (SSSR count). The van der Waals surface area contributed by atoms with Gasteiger partial charge < -0.3 is 0 Å². The maximum absolute atomic E-state index is 13.3. The lowest BCUT2D eigenvalue weighted by atomic mass is 9.86. The van der Waals surface area contributed by atoms with E-state index in [1.807, 2.05) is 0 Å². The highest BCUT2D eigenvalue weighted by molar-refractivity contribution is 6.34. The molecule has 76 valence electrons. The van der Waals surface area contributed by atoms with Crippen LogP contribution < -0.4 is 0 Å². The molecule has 0 heterocycles. The lowest BCUT2D eigenvalue weighted by molar-refractivity contribution is 0.0854. The Bertz CT molecular complexity index is 346. The van der Waals surface area contributed by atoms with E-state index < -0.39 is 11.2 Å². The number of halogens is 2. The van der Waals surface area contributed by atoms with E-state index in [1.54, 1.807) is 20.8 Å². The molecule has 0 atom stereocenters. The van der Waals surface area contributed by atoms with Gasteiger partial charge in [0.1, 0.15) is 5.82 Å². The maximum atomic E-state index is 13.3. The summed E-state index contributed by atoms with van der Waals surface area (Å²) < 4.78 is 13.3. The monoisotopic (exact) mass is 214 g/mol. The SMILES string of the molecule is CC(C)(C)C(=O)c1c(F)cccc1Cl. The van der Waals surface area contributed by atoms with E-state index in [0.29, 0.717) is 0 Å². The number of benzene rings is 1. The van der Waals surface area contributed by atoms with Gasteiger partial charge in [0.25, 0.3) is 0 Å². The largest absolute Gasteiger partial charge is 0.293 e. The zero-order valence-corrected chi connectivity index (χ0v) is 9.15. The predicted octanol–water partition coefficient (Wildman–Crippen LogP) is 3.71. The molecule has 0 bridgehead atoms. The van der Waals surface area contributed by atoms with Crippen molar-refractivity contribution >= 4 is 17.4 Å². The molecule has 0 N–H and O–H groups in total. The molecule has 0 aliphatic rings. The molecular weight excluding hydrogens is 203 g/mol. The lowest BCUT2D eigenvalue weighted by Crippen LogP contribution is -2.21. The van der Waals surface area contributed by atoms with E-state index in [4.69, 9.17) is 11.6 Å². The summed E-state index contributed by atoms with van der Waals surface area (Å²) in [6.45, 7) is 5.20. The first-order valence-corrected chi connectivity index (χ1v) is 4.70. The molecule has 14 heavy (non-hydrogen) atoms. The van der Waals surface area contributed by atoms with E-state index in [2.05, 4.69) is 0 Å². The Hall–Kier alpha value is -0.890. The van der Waals surface area contributed by atoms with Crippen LogP contribution in [0.15, 0.2) is 18.2 Å². The molecule has 0 radical (unpaired) electrons. The van der Waals surface area contributed by atoms with Crippen molar-refractivity contribution in [2.45, 2.75) is 20.8 Å². The minimum atomic E-state index is -0.619. The first kappa shape index (κ1) is 11.2. The molecule has 0 aromatic heterocycles. The molecule has 0 saturated heterocycles. The number of hydrogen-bond donors (Lipinski definition) is 0. The van der Waals surface area contributed by atoms with Crippen LogP contribution in [0.25, 0.3) is 0 Å². The van der Waals surface area contributed by atoms with E-state index in [0.717, 1.165) is 0 Å². The molecule has 0 aliphatic heterocycles. The van der Waals surface area contributed by atoms with Gasteiger partial charge in [0.2, 0.25) is 0 Å². The van der Waals surface area contributed by atoms with Crippen molar-refractivity contribution in [1.29, 1.82) is 0 Å². The summed E-state index contributed by atoms with van der Waals surface area (Å²) in [6.07, 6.45) is 0. The molecule has 3 heteroatoms. The Morgan fingerprint density at radius 1 is 1.36 bits per heavy atom. The standard InChI is InChI=1S/C11H12ClFO/c1-11(2,3)10(14)9-7(12)5-4-6-8(9)13/h4-6H,1-3H3. The summed E-state index contributed by atoms with van der Waals surface area (Å²) in [4.78, 5) is 11.8. The molecule has 0 fully saturated rings. The van der Waals surface area contributed by atoms with E-state index in [9.17, 15) is 9.18 Å². The van der Waals surface area contributed by atoms with Gasteiger partial charge in [-0.3, -0.25) is 4.79 Å². The fourth-order valence-electron chi connectivity index (χ4n) is 1.09. The molecular formula is C11H12ClFO. The van der Waals surface area contributed by atoms with E-state index in [1.165, 1.54) is 18.2 Å². The van der Waals surface area contributed by atoms with Crippen molar-refractivity contribution in [3.63, 3.8) is 0 Å². The van der Waals surface area contributed by atoms with Crippen molar-refractivity contribution in [3.8, 4) is 0 Å². The van der Waals surface area contributed by atoms with Gasteiger partial charge in [-0.25, -0.2) is 4.39 Å².